The van der Waals surface area contributed by atoms with Crippen molar-refractivity contribution in [3.8, 4) is 5.75 Å². The summed E-state index contributed by atoms with van der Waals surface area (Å²) in [5.74, 6) is -0.0946. The van der Waals surface area contributed by atoms with E-state index in [1.165, 1.54) is 23.5 Å². The van der Waals surface area contributed by atoms with Crippen LogP contribution in [0.1, 0.15) is 45.1 Å². The van der Waals surface area contributed by atoms with E-state index in [2.05, 4.69) is 5.32 Å². The van der Waals surface area contributed by atoms with Gasteiger partial charge in [-0.2, -0.15) is 4.31 Å². The zero-order chi connectivity index (χ0) is 21.4. The summed E-state index contributed by atoms with van der Waals surface area (Å²) >= 11 is 0. The van der Waals surface area contributed by atoms with Crippen LogP contribution in [0.2, 0.25) is 0 Å². The monoisotopic (exact) mass is 418 g/mol. The second-order valence-corrected chi connectivity index (χ2v) is 8.63. The van der Waals surface area contributed by atoms with Crippen molar-refractivity contribution in [1.29, 1.82) is 0 Å². The van der Waals surface area contributed by atoms with Crippen molar-refractivity contribution < 1.29 is 17.9 Å². The van der Waals surface area contributed by atoms with Crippen LogP contribution in [0, 0.1) is 0 Å². The number of rotatable bonds is 10. The van der Waals surface area contributed by atoms with Gasteiger partial charge >= 0.3 is 0 Å². The first-order valence-corrected chi connectivity index (χ1v) is 11.4. The second-order valence-electron chi connectivity index (χ2n) is 6.69. The van der Waals surface area contributed by atoms with Crippen LogP contribution in [-0.2, 0) is 14.8 Å². The molecule has 0 aliphatic rings. The van der Waals surface area contributed by atoms with Gasteiger partial charge in [0.25, 0.3) is 0 Å². The van der Waals surface area contributed by atoms with Gasteiger partial charge in [-0.3, -0.25) is 4.79 Å². The molecule has 2 aromatic rings. The van der Waals surface area contributed by atoms with Crippen LogP contribution in [-0.4, -0.2) is 38.8 Å². The average Bonchev–Trinajstić information content (AvgIpc) is 2.73. The van der Waals surface area contributed by atoms with Crippen LogP contribution in [0.3, 0.4) is 0 Å². The first kappa shape index (κ1) is 22.9. The van der Waals surface area contributed by atoms with Gasteiger partial charge < -0.3 is 10.1 Å². The van der Waals surface area contributed by atoms with Gasteiger partial charge in [-0.15, -0.1) is 0 Å². The van der Waals surface area contributed by atoms with Crippen LogP contribution >= 0.6 is 0 Å². The largest absolute Gasteiger partial charge is 0.495 e. The Labute approximate surface area is 173 Å². The van der Waals surface area contributed by atoms with Crippen molar-refractivity contribution in [3.63, 3.8) is 0 Å². The van der Waals surface area contributed by atoms with E-state index in [9.17, 15) is 13.2 Å². The van der Waals surface area contributed by atoms with E-state index in [-0.39, 0.29) is 16.7 Å². The maximum atomic E-state index is 13.1. The lowest BCUT2D eigenvalue weighted by atomic mass is 9.93. The number of methoxy groups -OCH3 is 1. The molecule has 0 heterocycles. The highest BCUT2D eigenvalue weighted by molar-refractivity contribution is 7.89. The zero-order valence-electron chi connectivity index (χ0n) is 17.5. The summed E-state index contributed by atoms with van der Waals surface area (Å²) in [5.41, 5.74) is 1.28. The summed E-state index contributed by atoms with van der Waals surface area (Å²) in [6.45, 7) is 6.37. The SMILES string of the molecule is CCCC(C(=O)Nc1cc(S(=O)(=O)N(CC)CC)ccc1OC)c1ccccc1. The van der Waals surface area contributed by atoms with E-state index in [4.69, 9.17) is 4.74 Å². The number of benzene rings is 2. The van der Waals surface area contributed by atoms with Gasteiger partial charge in [-0.05, 0) is 30.2 Å². The molecule has 1 unspecified atom stereocenters. The smallest absolute Gasteiger partial charge is 0.243 e. The Morgan fingerprint density at radius 1 is 1.07 bits per heavy atom. The number of ether oxygens (including phenoxy) is 1. The molecule has 1 atom stereocenters. The molecular formula is C22H30N2O4S. The van der Waals surface area contributed by atoms with Crippen molar-refractivity contribution in [2.45, 2.75) is 44.4 Å². The number of nitrogens with one attached hydrogen (secondary N) is 1. The molecule has 1 N–H and O–H groups in total. The topological polar surface area (TPSA) is 75.7 Å². The van der Waals surface area contributed by atoms with Crippen molar-refractivity contribution in [1.82, 2.24) is 4.31 Å². The maximum absolute atomic E-state index is 13.1. The highest BCUT2D eigenvalue weighted by Gasteiger charge is 2.25. The lowest BCUT2D eigenvalue weighted by Gasteiger charge is -2.21. The first-order valence-electron chi connectivity index (χ1n) is 9.92. The summed E-state index contributed by atoms with van der Waals surface area (Å²) in [6, 6.07) is 14.1. The molecule has 29 heavy (non-hydrogen) atoms. The van der Waals surface area contributed by atoms with Gasteiger partial charge in [0, 0.05) is 13.1 Å². The highest BCUT2D eigenvalue weighted by Crippen LogP contribution is 2.31. The molecule has 2 rings (SSSR count). The second kappa shape index (κ2) is 10.4. The normalized spacial score (nSPS) is 12.6. The van der Waals surface area contributed by atoms with Crippen molar-refractivity contribution in [3.05, 3.63) is 54.1 Å². The quantitative estimate of drug-likeness (QED) is 0.626. The molecule has 0 aliphatic heterocycles. The van der Waals surface area contributed by atoms with Gasteiger partial charge in [-0.1, -0.05) is 57.5 Å². The van der Waals surface area contributed by atoms with E-state index < -0.39 is 10.0 Å². The molecule has 0 fully saturated rings. The minimum atomic E-state index is -3.64. The Bertz CT molecular complexity index is 910. The zero-order valence-corrected chi connectivity index (χ0v) is 18.3. The van der Waals surface area contributed by atoms with Gasteiger partial charge in [0.05, 0.1) is 23.6 Å². The number of amides is 1. The summed E-state index contributed by atoms with van der Waals surface area (Å²) in [4.78, 5) is 13.2. The molecule has 2 aromatic carbocycles. The lowest BCUT2D eigenvalue weighted by Crippen LogP contribution is -2.30. The van der Waals surface area contributed by atoms with Crippen molar-refractivity contribution in [2.24, 2.45) is 0 Å². The van der Waals surface area contributed by atoms with E-state index in [0.29, 0.717) is 30.9 Å². The van der Waals surface area contributed by atoms with Gasteiger partial charge in [-0.25, -0.2) is 8.42 Å². The third-order valence-corrected chi connectivity index (χ3v) is 6.91. The van der Waals surface area contributed by atoms with E-state index >= 15 is 0 Å². The number of nitrogens with zero attached hydrogens (tertiary/aromatic N) is 1. The fraction of sp³-hybridized carbons (Fsp3) is 0.409. The third-order valence-electron chi connectivity index (χ3n) is 4.87. The van der Waals surface area contributed by atoms with Crippen LogP contribution < -0.4 is 10.1 Å². The molecule has 6 nitrogen and oxygen atoms in total. The average molecular weight is 419 g/mol. The van der Waals surface area contributed by atoms with Crippen LogP contribution in [0.25, 0.3) is 0 Å². The Hall–Kier alpha value is -2.38. The number of carbonyl (C=O) groups is 1. The Morgan fingerprint density at radius 3 is 2.28 bits per heavy atom. The van der Waals surface area contributed by atoms with E-state index in [1.807, 2.05) is 37.3 Å². The minimum absolute atomic E-state index is 0.129. The molecule has 0 saturated heterocycles. The molecule has 1 amide bonds. The third kappa shape index (κ3) is 5.36. The summed E-state index contributed by atoms with van der Waals surface area (Å²) < 4.78 is 32.5. The highest BCUT2D eigenvalue weighted by atomic mass is 32.2. The molecular weight excluding hydrogens is 388 g/mol. The van der Waals surface area contributed by atoms with Crippen LogP contribution in [0.15, 0.2) is 53.4 Å². The first-order chi connectivity index (χ1) is 13.9. The predicted octanol–water partition coefficient (Wildman–Crippen LogP) is 4.25. The number of hydrogen-bond donors (Lipinski definition) is 1. The standard InChI is InChI=1S/C22H30N2O4S/c1-5-11-19(17-12-9-8-10-13-17)22(25)23-20-16-18(14-15-21(20)28-4)29(26,27)24(6-2)7-3/h8-10,12-16,19H,5-7,11H2,1-4H3,(H,23,25). The molecule has 0 saturated carbocycles. The predicted molar refractivity (Wildman–Crippen MR) is 116 cm³/mol. The Morgan fingerprint density at radius 2 is 1.72 bits per heavy atom. The molecule has 158 valence electrons. The molecule has 0 spiro atoms. The Balaban J connectivity index is 2.39. The van der Waals surface area contributed by atoms with Gasteiger partial charge in [0.1, 0.15) is 5.75 Å². The molecule has 0 radical (unpaired) electrons. The lowest BCUT2D eigenvalue weighted by molar-refractivity contribution is -0.117. The molecule has 7 heteroatoms. The van der Waals surface area contributed by atoms with E-state index in [1.54, 1.807) is 19.9 Å². The fourth-order valence-corrected chi connectivity index (χ4v) is 4.79. The molecule has 0 aromatic heterocycles. The number of anilines is 1. The fourth-order valence-electron chi connectivity index (χ4n) is 3.30. The summed E-state index contributed by atoms with van der Waals surface area (Å²) in [7, 11) is -2.15. The van der Waals surface area contributed by atoms with Crippen LogP contribution in [0.4, 0.5) is 5.69 Å². The maximum Gasteiger partial charge on any atom is 0.243 e. The summed E-state index contributed by atoms with van der Waals surface area (Å²) in [5, 5.41) is 2.89. The van der Waals surface area contributed by atoms with Crippen molar-refractivity contribution >= 4 is 21.6 Å². The van der Waals surface area contributed by atoms with E-state index in [0.717, 1.165) is 12.0 Å². The summed E-state index contributed by atoms with van der Waals surface area (Å²) in [6.07, 6.45) is 1.54. The van der Waals surface area contributed by atoms with Crippen LogP contribution in [0.5, 0.6) is 5.75 Å². The number of carbonyl (C=O) groups excluding carboxylic acids is 1. The van der Waals surface area contributed by atoms with Gasteiger partial charge in [0.15, 0.2) is 0 Å². The molecule has 0 aliphatic carbocycles. The molecule has 0 bridgehead atoms. The Kier molecular flexibility index (Phi) is 8.22. The minimum Gasteiger partial charge on any atom is -0.495 e. The van der Waals surface area contributed by atoms with Crippen molar-refractivity contribution in [2.75, 3.05) is 25.5 Å². The number of hydrogen-bond acceptors (Lipinski definition) is 4. The number of sulfonamides is 1. The van der Waals surface area contributed by atoms with Gasteiger partial charge in [0.2, 0.25) is 15.9 Å².